The second kappa shape index (κ2) is 4.79. The predicted octanol–water partition coefficient (Wildman–Crippen LogP) is -0.288. The highest BCUT2D eigenvalue weighted by Crippen LogP contribution is 2.20. The van der Waals surface area contributed by atoms with E-state index in [4.69, 9.17) is 20.0 Å². The van der Waals surface area contributed by atoms with Crippen molar-refractivity contribution in [3.05, 3.63) is 23.7 Å². The van der Waals surface area contributed by atoms with Crippen LogP contribution in [-0.2, 0) is 16.1 Å². The van der Waals surface area contributed by atoms with E-state index in [1.54, 1.807) is 6.07 Å². The van der Waals surface area contributed by atoms with Crippen molar-refractivity contribution in [2.24, 2.45) is 5.73 Å². The van der Waals surface area contributed by atoms with Gasteiger partial charge >= 0.3 is 5.97 Å². The van der Waals surface area contributed by atoms with E-state index in [2.05, 4.69) is 5.32 Å². The first-order valence-corrected chi connectivity index (χ1v) is 5.50. The van der Waals surface area contributed by atoms with Crippen LogP contribution in [0.25, 0.3) is 0 Å². The molecule has 4 N–H and O–H groups in total. The van der Waals surface area contributed by atoms with Crippen molar-refractivity contribution >= 4 is 11.9 Å². The molecule has 1 aromatic heterocycles. The van der Waals surface area contributed by atoms with Crippen molar-refractivity contribution in [1.29, 1.82) is 0 Å². The van der Waals surface area contributed by atoms with E-state index < -0.39 is 17.4 Å². The van der Waals surface area contributed by atoms with Crippen LogP contribution in [0.2, 0.25) is 0 Å². The first kappa shape index (κ1) is 12.6. The number of carboxylic acid groups (broad SMARTS) is 1. The molecular weight excluding hydrogens is 240 g/mol. The molecule has 0 spiro atoms. The number of rotatable bonds is 4. The molecule has 18 heavy (non-hydrogen) atoms. The molecule has 1 aromatic rings. The number of hydrogen-bond acceptors (Lipinski definition) is 5. The number of nitrogens with one attached hydrogen (secondary N) is 1. The van der Waals surface area contributed by atoms with E-state index in [0.29, 0.717) is 12.4 Å². The molecule has 1 saturated heterocycles. The van der Waals surface area contributed by atoms with E-state index in [1.165, 1.54) is 6.07 Å². The number of furan rings is 1. The van der Waals surface area contributed by atoms with Gasteiger partial charge in [-0.2, -0.15) is 0 Å². The molecule has 2 heterocycles. The SMILES string of the molecule is NCc1ccc(C(=O)NC2(C(=O)O)CCOC2)o1. The Kier molecular flexibility index (Phi) is 3.35. The van der Waals surface area contributed by atoms with E-state index in [-0.39, 0.29) is 25.3 Å². The maximum absolute atomic E-state index is 11.9. The number of ether oxygens (including phenoxy) is 1. The van der Waals surface area contributed by atoms with E-state index in [1.807, 2.05) is 0 Å². The predicted molar refractivity (Wildman–Crippen MR) is 59.9 cm³/mol. The zero-order valence-electron chi connectivity index (χ0n) is 9.64. The first-order chi connectivity index (χ1) is 8.57. The third kappa shape index (κ3) is 2.22. The van der Waals surface area contributed by atoms with Crippen LogP contribution in [-0.4, -0.2) is 35.7 Å². The highest BCUT2D eigenvalue weighted by Gasteiger charge is 2.44. The summed E-state index contributed by atoms with van der Waals surface area (Å²) in [5.41, 5.74) is 3.99. The molecule has 7 nitrogen and oxygen atoms in total. The quantitative estimate of drug-likeness (QED) is 0.680. The Morgan fingerprint density at radius 1 is 1.50 bits per heavy atom. The van der Waals surface area contributed by atoms with Crippen molar-refractivity contribution in [2.75, 3.05) is 13.2 Å². The Morgan fingerprint density at radius 2 is 2.28 bits per heavy atom. The number of nitrogens with two attached hydrogens (primary N) is 1. The minimum Gasteiger partial charge on any atom is -0.479 e. The Labute approximate surface area is 103 Å². The number of carboxylic acids is 1. The second-order valence-electron chi connectivity index (χ2n) is 4.11. The van der Waals surface area contributed by atoms with Crippen LogP contribution < -0.4 is 11.1 Å². The molecule has 1 aliphatic heterocycles. The maximum Gasteiger partial charge on any atom is 0.331 e. The van der Waals surface area contributed by atoms with Gasteiger partial charge in [-0.1, -0.05) is 0 Å². The zero-order chi connectivity index (χ0) is 13.2. The van der Waals surface area contributed by atoms with Crippen LogP contribution in [0.3, 0.4) is 0 Å². The summed E-state index contributed by atoms with van der Waals surface area (Å²) in [5.74, 6) is -1.18. The van der Waals surface area contributed by atoms with Gasteiger partial charge in [0.05, 0.1) is 13.2 Å². The monoisotopic (exact) mass is 254 g/mol. The molecule has 1 atom stereocenters. The van der Waals surface area contributed by atoms with Crippen LogP contribution in [0.1, 0.15) is 22.7 Å². The van der Waals surface area contributed by atoms with Crippen LogP contribution in [0, 0.1) is 0 Å². The molecular formula is C11H14N2O5. The molecule has 1 aliphatic rings. The lowest BCUT2D eigenvalue weighted by atomic mass is 9.99. The Morgan fingerprint density at radius 3 is 2.78 bits per heavy atom. The Bertz CT molecular complexity index is 462. The number of aliphatic carboxylic acids is 1. The summed E-state index contributed by atoms with van der Waals surface area (Å²) in [7, 11) is 0. The van der Waals surface area contributed by atoms with Crippen LogP contribution in [0.15, 0.2) is 16.5 Å². The molecule has 0 aliphatic carbocycles. The van der Waals surface area contributed by atoms with Gasteiger partial charge in [0.2, 0.25) is 0 Å². The van der Waals surface area contributed by atoms with Crippen LogP contribution in [0.4, 0.5) is 0 Å². The molecule has 1 unspecified atom stereocenters. The van der Waals surface area contributed by atoms with Gasteiger partial charge in [0.25, 0.3) is 5.91 Å². The molecule has 0 aromatic carbocycles. The standard InChI is InChI=1S/C11H14N2O5/c12-5-7-1-2-8(18-7)9(14)13-11(10(15)16)3-4-17-6-11/h1-2H,3-6,12H2,(H,13,14)(H,15,16). The fourth-order valence-corrected chi connectivity index (χ4v) is 1.77. The van der Waals surface area contributed by atoms with Gasteiger partial charge in [-0.25, -0.2) is 4.79 Å². The number of carbonyl (C=O) groups excluding carboxylic acids is 1. The summed E-state index contributed by atoms with van der Waals surface area (Å²) in [5, 5.41) is 11.6. The van der Waals surface area contributed by atoms with Crippen molar-refractivity contribution in [3.8, 4) is 0 Å². The summed E-state index contributed by atoms with van der Waals surface area (Å²) in [6.07, 6.45) is 0.235. The minimum absolute atomic E-state index is 0.0431. The Hall–Kier alpha value is -1.86. The van der Waals surface area contributed by atoms with Gasteiger partial charge in [0, 0.05) is 13.0 Å². The van der Waals surface area contributed by atoms with Gasteiger partial charge in [-0.15, -0.1) is 0 Å². The van der Waals surface area contributed by atoms with Crippen molar-refractivity contribution in [2.45, 2.75) is 18.5 Å². The highest BCUT2D eigenvalue weighted by molar-refractivity contribution is 5.96. The molecule has 98 valence electrons. The van der Waals surface area contributed by atoms with Crippen molar-refractivity contribution in [3.63, 3.8) is 0 Å². The maximum atomic E-state index is 11.9. The lowest BCUT2D eigenvalue weighted by Gasteiger charge is -2.22. The molecule has 2 rings (SSSR count). The van der Waals surface area contributed by atoms with Gasteiger partial charge in [-0.05, 0) is 12.1 Å². The molecule has 0 radical (unpaired) electrons. The zero-order valence-corrected chi connectivity index (χ0v) is 9.64. The smallest absolute Gasteiger partial charge is 0.331 e. The Balaban J connectivity index is 2.12. The fraction of sp³-hybridized carbons (Fsp3) is 0.455. The molecule has 1 amide bonds. The number of amides is 1. The third-order valence-electron chi connectivity index (χ3n) is 2.87. The van der Waals surface area contributed by atoms with E-state index in [9.17, 15) is 9.59 Å². The minimum atomic E-state index is -1.37. The van der Waals surface area contributed by atoms with Gasteiger partial charge in [-0.3, -0.25) is 4.79 Å². The third-order valence-corrected chi connectivity index (χ3v) is 2.87. The molecule has 1 fully saturated rings. The second-order valence-corrected chi connectivity index (χ2v) is 4.11. The van der Waals surface area contributed by atoms with Gasteiger partial charge in [0.15, 0.2) is 11.3 Å². The van der Waals surface area contributed by atoms with Crippen LogP contribution >= 0.6 is 0 Å². The topological polar surface area (TPSA) is 115 Å². The molecule has 0 bridgehead atoms. The number of carbonyl (C=O) groups is 2. The van der Waals surface area contributed by atoms with Crippen molar-refractivity contribution in [1.82, 2.24) is 5.32 Å². The summed E-state index contributed by atoms with van der Waals surface area (Å²) < 4.78 is 10.2. The lowest BCUT2D eigenvalue weighted by molar-refractivity contribution is -0.144. The van der Waals surface area contributed by atoms with Crippen LogP contribution in [0.5, 0.6) is 0 Å². The van der Waals surface area contributed by atoms with Gasteiger partial charge < -0.3 is 25.3 Å². The molecule has 7 heteroatoms. The summed E-state index contributed by atoms with van der Waals surface area (Å²) >= 11 is 0. The summed E-state index contributed by atoms with van der Waals surface area (Å²) in [6.45, 7) is 0.442. The summed E-state index contributed by atoms with van der Waals surface area (Å²) in [6, 6.07) is 3.04. The fourth-order valence-electron chi connectivity index (χ4n) is 1.77. The number of hydrogen-bond donors (Lipinski definition) is 3. The lowest BCUT2D eigenvalue weighted by Crippen LogP contribution is -2.55. The average Bonchev–Trinajstić information content (AvgIpc) is 2.97. The van der Waals surface area contributed by atoms with E-state index in [0.717, 1.165) is 0 Å². The average molecular weight is 254 g/mol. The summed E-state index contributed by atoms with van der Waals surface area (Å²) in [4.78, 5) is 23.1. The van der Waals surface area contributed by atoms with Crippen molar-refractivity contribution < 1.29 is 23.8 Å². The molecule has 0 saturated carbocycles. The van der Waals surface area contributed by atoms with E-state index >= 15 is 0 Å². The highest BCUT2D eigenvalue weighted by atomic mass is 16.5. The largest absolute Gasteiger partial charge is 0.479 e. The first-order valence-electron chi connectivity index (χ1n) is 5.50. The normalized spacial score (nSPS) is 22.9. The van der Waals surface area contributed by atoms with Gasteiger partial charge in [0.1, 0.15) is 5.76 Å².